The second-order valence-electron chi connectivity index (χ2n) is 8.25. The van der Waals surface area contributed by atoms with Crippen LogP contribution in [-0.4, -0.2) is 17.4 Å². The van der Waals surface area contributed by atoms with Gasteiger partial charge >= 0.3 is 5.97 Å². The molecule has 0 saturated heterocycles. The third kappa shape index (κ3) is 3.39. The lowest BCUT2D eigenvalue weighted by Crippen LogP contribution is -2.09. The van der Waals surface area contributed by atoms with Crippen molar-refractivity contribution < 1.29 is 14.6 Å². The van der Waals surface area contributed by atoms with Crippen LogP contribution in [0.5, 0.6) is 0 Å². The molecule has 158 valence electrons. The Balaban J connectivity index is 1.49. The van der Waals surface area contributed by atoms with Crippen molar-refractivity contribution >= 4 is 38.7 Å². The molecule has 0 fully saturated rings. The van der Waals surface area contributed by atoms with Crippen LogP contribution in [0.4, 0.5) is 0 Å². The maximum absolute atomic E-state index is 12.8. The van der Waals surface area contributed by atoms with Gasteiger partial charge in [0, 0.05) is 5.57 Å². The van der Waals surface area contributed by atoms with E-state index in [0.717, 1.165) is 38.4 Å². The standard InChI is InChI=1S/C30H20O3/c31-29-27(28(30(32)33-29)26-15-13-20-7-2-4-9-22(20)17-26)25-11-5-10-23(18-25)24-14-12-19-6-1-3-8-21(19)16-24/h1-18,29,31H. The van der Waals surface area contributed by atoms with E-state index in [4.69, 9.17) is 4.74 Å². The largest absolute Gasteiger partial charge is 0.428 e. The summed E-state index contributed by atoms with van der Waals surface area (Å²) in [6.07, 6.45) is -1.30. The quantitative estimate of drug-likeness (QED) is 0.336. The van der Waals surface area contributed by atoms with E-state index in [0.29, 0.717) is 11.1 Å². The van der Waals surface area contributed by atoms with Crippen molar-refractivity contribution in [2.45, 2.75) is 6.29 Å². The number of hydrogen-bond acceptors (Lipinski definition) is 3. The van der Waals surface area contributed by atoms with Crippen LogP contribution in [-0.2, 0) is 9.53 Å². The van der Waals surface area contributed by atoms with Crippen LogP contribution < -0.4 is 0 Å². The zero-order valence-corrected chi connectivity index (χ0v) is 17.7. The average molecular weight is 428 g/mol. The molecule has 5 aromatic carbocycles. The normalized spacial score (nSPS) is 15.9. The van der Waals surface area contributed by atoms with Gasteiger partial charge in [-0.25, -0.2) is 4.79 Å². The number of carbonyl (C=O) groups is 1. The summed E-state index contributed by atoms with van der Waals surface area (Å²) >= 11 is 0. The van der Waals surface area contributed by atoms with Crippen molar-refractivity contribution in [3.63, 3.8) is 0 Å². The number of carbonyl (C=O) groups excluding carboxylic acids is 1. The van der Waals surface area contributed by atoms with Crippen LogP contribution in [0, 0.1) is 0 Å². The fourth-order valence-corrected chi connectivity index (χ4v) is 4.59. The van der Waals surface area contributed by atoms with Gasteiger partial charge in [0.15, 0.2) is 0 Å². The summed E-state index contributed by atoms with van der Waals surface area (Å²) in [6, 6.07) is 36.3. The minimum absolute atomic E-state index is 0.406. The van der Waals surface area contributed by atoms with Crippen molar-refractivity contribution in [2.24, 2.45) is 0 Å². The number of benzene rings is 5. The van der Waals surface area contributed by atoms with Crippen LogP contribution in [0.3, 0.4) is 0 Å². The molecule has 1 aliphatic heterocycles. The van der Waals surface area contributed by atoms with Crippen molar-refractivity contribution in [2.75, 3.05) is 0 Å². The predicted molar refractivity (Wildman–Crippen MR) is 132 cm³/mol. The van der Waals surface area contributed by atoms with Crippen LogP contribution >= 0.6 is 0 Å². The Morgan fingerprint density at radius 3 is 1.79 bits per heavy atom. The molecule has 33 heavy (non-hydrogen) atoms. The number of rotatable bonds is 3. The van der Waals surface area contributed by atoms with Crippen LogP contribution in [0.1, 0.15) is 11.1 Å². The highest BCUT2D eigenvalue weighted by molar-refractivity contribution is 6.28. The molecule has 1 N–H and O–H groups in total. The molecule has 0 amide bonds. The number of esters is 1. The Labute approximate surface area is 191 Å². The van der Waals surface area contributed by atoms with Gasteiger partial charge in [0.2, 0.25) is 6.29 Å². The van der Waals surface area contributed by atoms with Gasteiger partial charge in [-0.05, 0) is 62.0 Å². The summed E-state index contributed by atoms with van der Waals surface area (Å²) < 4.78 is 5.25. The number of hydrogen-bond donors (Lipinski definition) is 1. The van der Waals surface area contributed by atoms with E-state index in [1.165, 1.54) is 5.39 Å². The van der Waals surface area contributed by atoms with Gasteiger partial charge in [-0.1, -0.05) is 91.0 Å². The molecule has 0 radical (unpaired) electrons. The molecule has 1 heterocycles. The van der Waals surface area contributed by atoms with E-state index in [1.807, 2.05) is 78.9 Å². The highest BCUT2D eigenvalue weighted by Gasteiger charge is 2.34. The molecule has 3 nitrogen and oxygen atoms in total. The highest BCUT2D eigenvalue weighted by Crippen LogP contribution is 2.38. The van der Waals surface area contributed by atoms with E-state index in [2.05, 4.69) is 30.3 Å². The first-order valence-corrected chi connectivity index (χ1v) is 10.9. The number of ether oxygens (including phenoxy) is 1. The monoisotopic (exact) mass is 428 g/mol. The minimum Gasteiger partial charge on any atom is -0.428 e. The van der Waals surface area contributed by atoms with E-state index >= 15 is 0 Å². The first-order valence-electron chi connectivity index (χ1n) is 10.9. The lowest BCUT2D eigenvalue weighted by atomic mass is 9.92. The maximum atomic E-state index is 12.8. The van der Waals surface area contributed by atoms with Gasteiger partial charge in [0.25, 0.3) is 0 Å². The average Bonchev–Trinajstić information content (AvgIpc) is 3.17. The SMILES string of the molecule is O=C1OC(O)C(c2cccc(-c3ccc4ccccc4c3)c2)=C1c1ccc2ccccc2c1. The Kier molecular flexibility index (Phi) is 4.56. The molecule has 1 atom stereocenters. The number of fused-ring (bicyclic) bond motifs is 2. The molecule has 0 aliphatic carbocycles. The first kappa shape index (κ1) is 19.5. The second kappa shape index (κ2) is 7.73. The van der Waals surface area contributed by atoms with E-state index in [-0.39, 0.29) is 0 Å². The topological polar surface area (TPSA) is 46.5 Å². The molecule has 6 rings (SSSR count). The fourth-order valence-electron chi connectivity index (χ4n) is 4.59. The van der Waals surface area contributed by atoms with Crippen molar-refractivity contribution in [3.05, 3.63) is 120 Å². The second-order valence-corrected chi connectivity index (χ2v) is 8.25. The summed E-state index contributed by atoms with van der Waals surface area (Å²) in [4.78, 5) is 12.8. The van der Waals surface area contributed by atoms with Crippen LogP contribution in [0.15, 0.2) is 109 Å². The molecule has 0 spiro atoms. The third-order valence-electron chi connectivity index (χ3n) is 6.23. The van der Waals surface area contributed by atoms with Gasteiger partial charge in [0.05, 0.1) is 5.57 Å². The predicted octanol–water partition coefficient (Wildman–Crippen LogP) is 6.45. The summed E-state index contributed by atoms with van der Waals surface area (Å²) in [5.41, 5.74) is 4.49. The molecular weight excluding hydrogens is 408 g/mol. The molecule has 0 saturated carbocycles. The zero-order valence-electron chi connectivity index (χ0n) is 17.7. The van der Waals surface area contributed by atoms with Crippen molar-refractivity contribution in [1.82, 2.24) is 0 Å². The molecule has 0 aromatic heterocycles. The van der Waals surface area contributed by atoms with Gasteiger partial charge < -0.3 is 9.84 Å². The number of aliphatic hydroxyl groups is 1. The number of cyclic esters (lactones) is 1. The Bertz CT molecular complexity index is 1580. The smallest absolute Gasteiger partial charge is 0.341 e. The highest BCUT2D eigenvalue weighted by atomic mass is 16.6. The summed E-state index contributed by atoms with van der Waals surface area (Å²) in [5.74, 6) is -0.510. The van der Waals surface area contributed by atoms with E-state index in [1.54, 1.807) is 0 Å². The van der Waals surface area contributed by atoms with Crippen molar-refractivity contribution in [3.8, 4) is 11.1 Å². The molecular formula is C30H20O3. The zero-order chi connectivity index (χ0) is 22.4. The van der Waals surface area contributed by atoms with Gasteiger partial charge in [-0.15, -0.1) is 0 Å². The van der Waals surface area contributed by atoms with Gasteiger partial charge in [-0.3, -0.25) is 0 Å². The molecule has 3 heteroatoms. The van der Waals surface area contributed by atoms with Crippen molar-refractivity contribution in [1.29, 1.82) is 0 Å². The number of aliphatic hydroxyl groups excluding tert-OH is 1. The molecule has 5 aromatic rings. The van der Waals surface area contributed by atoms with Gasteiger partial charge in [0.1, 0.15) is 0 Å². The maximum Gasteiger partial charge on any atom is 0.341 e. The third-order valence-corrected chi connectivity index (χ3v) is 6.23. The Hall–Kier alpha value is -4.21. The van der Waals surface area contributed by atoms with E-state index < -0.39 is 12.3 Å². The van der Waals surface area contributed by atoms with Crippen LogP contribution in [0.2, 0.25) is 0 Å². The summed E-state index contributed by atoms with van der Waals surface area (Å²) in [7, 11) is 0. The van der Waals surface area contributed by atoms with E-state index in [9.17, 15) is 9.90 Å². The molecule has 1 unspecified atom stereocenters. The summed E-state index contributed by atoms with van der Waals surface area (Å²) in [5, 5.41) is 15.1. The lowest BCUT2D eigenvalue weighted by Gasteiger charge is -2.11. The lowest BCUT2D eigenvalue weighted by molar-refractivity contribution is -0.148. The molecule has 1 aliphatic rings. The summed E-state index contributed by atoms with van der Waals surface area (Å²) in [6.45, 7) is 0. The van der Waals surface area contributed by atoms with Crippen LogP contribution in [0.25, 0.3) is 43.8 Å². The fraction of sp³-hybridized carbons (Fsp3) is 0.0333. The van der Waals surface area contributed by atoms with Gasteiger partial charge in [-0.2, -0.15) is 0 Å². The first-order chi connectivity index (χ1) is 16.2. The Morgan fingerprint density at radius 1 is 0.545 bits per heavy atom. The Morgan fingerprint density at radius 2 is 1.09 bits per heavy atom. The minimum atomic E-state index is -1.30. The molecule has 0 bridgehead atoms.